The summed E-state index contributed by atoms with van der Waals surface area (Å²) in [5.74, 6) is -0.190. The molecule has 0 heterocycles. The second kappa shape index (κ2) is 5.65. The number of amides is 1. The van der Waals surface area contributed by atoms with Crippen molar-refractivity contribution in [1.29, 1.82) is 0 Å². The normalized spacial score (nSPS) is 11.7. The van der Waals surface area contributed by atoms with Crippen LogP contribution in [0.4, 0.5) is 0 Å². The van der Waals surface area contributed by atoms with Crippen LogP contribution in [0.15, 0.2) is 12.7 Å². The van der Waals surface area contributed by atoms with Crippen molar-refractivity contribution >= 4 is 12.2 Å². The fraction of sp³-hybridized carbons (Fsp3) is 0.500. The molecule has 0 aromatic rings. The molecule has 0 rings (SSSR count). The third kappa shape index (κ3) is 4.31. The fourth-order valence-corrected chi connectivity index (χ4v) is 0.674. The summed E-state index contributed by atoms with van der Waals surface area (Å²) in [7, 11) is 0. The lowest BCUT2D eigenvalue weighted by molar-refractivity contribution is -0.125. The monoisotopic (exact) mass is 155 g/mol. The first-order valence-corrected chi connectivity index (χ1v) is 3.54. The van der Waals surface area contributed by atoms with Gasteiger partial charge in [-0.15, -0.1) is 6.58 Å². The molecule has 0 spiro atoms. The molecule has 11 heavy (non-hydrogen) atoms. The fourth-order valence-electron chi connectivity index (χ4n) is 0.674. The molecule has 1 unspecified atom stereocenters. The number of hydrogen-bond acceptors (Lipinski definition) is 2. The molecule has 0 aliphatic rings. The summed E-state index contributed by atoms with van der Waals surface area (Å²) in [6, 6.07) is 0. The summed E-state index contributed by atoms with van der Waals surface area (Å²) in [5, 5.41) is 2.46. The molecule has 1 amide bonds. The SMILES string of the molecule is C=CCC(C)C(=O)NCC=O. The van der Waals surface area contributed by atoms with Gasteiger partial charge in [-0.05, 0) is 6.42 Å². The van der Waals surface area contributed by atoms with Crippen LogP contribution in [0.2, 0.25) is 0 Å². The molecular formula is C8H13NO2. The molecule has 0 aliphatic carbocycles. The minimum atomic E-state index is -0.1000. The lowest BCUT2D eigenvalue weighted by atomic mass is 10.1. The van der Waals surface area contributed by atoms with Crippen molar-refractivity contribution in [2.75, 3.05) is 6.54 Å². The molecule has 0 aromatic heterocycles. The highest BCUT2D eigenvalue weighted by Crippen LogP contribution is 2.00. The zero-order chi connectivity index (χ0) is 8.69. The van der Waals surface area contributed by atoms with Crippen LogP contribution < -0.4 is 5.32 Å². The van der Waals surface area contributed by atoms with Crippen molar-refractivity contribution < 1.29 is 9.59 Å². The molecule has 0 aromatic carbocycles. The van der Waals surface area contributed by atoms with Crippen LogP contribution in [-0.2, 0) is 9.59 Å². The quantitative estimate of drug-likeness (QED) is 0.464. The molecule has 0 fully saturated rings. The van der Waals surface area contributed by atoms with Crippen molar-refractivity contribution in [3.05, 3.63) is 12.7 Å². The van der Waals surface area contributed by atoms with Crippen LogP contribution in [0, 0.1) is 5.92 Å². The largest absolute Gasteiger partial charge is 0.349 e. The number of carbonyl (C=O) groups is 2. The summed E-state index contributed by atoms with van der Waals surface area (Å²) in [5.41, 5.74) is 0. The van der Waals surface area contributed by atoms with E-state index in [1.54, 1.807) is 13.0 Å². The maximum Gasteiger partial charge on any atom is 0.223 e. The first-order chi connectivity index (χ1) is 5.22. The first kappa shape index (κ1) is 9.88. The van der Waals surface area contributed by atoms with Gasteiger partial charge in [0.05, 0.1) is 6.54 Å². The number of carbonyl (C=O) groups excluding carboxylic acids is 2. The van der Waals surface area contributed by atoms with Gasteiger partial charge >= 0.3 is 0 Å². The standard InChI is InChI=1S/C8H13NO2/c1-3-4-7(2)8(11)9-5-6-10/h3,6-7H,1,4-5H2,2H3,(H,9,11). The van der Waals surface area contributed by atoms with Gasteiger partial charge in [0.15, 0.2) is 0 Å². The summed E-state index contributed by atoms with van der Waals surface area (Å²) in [4.78, 5) is 20.8. The summed E-state index contributed by atoms with van der Waals surface area (Å²) in [6.07, 6.45) is 2.99. The highest BCUT2D eigenvalue weighted by Gasteiger charge is 2.08. The zero-order valence-electron chi connectivity index (χ0n) is 6.67. The molecule has 1 atom stereocenters. The van der Waals surface area contributed by atoms with E-state index in [9.17, 15) is 9.59 Å². The molecule has 0 radical (unpaired) electrons. The average molecular weight is 155 g/mol. The van der Waals surface area contributed by atoms with Gasteiger partial charge in [-0.3, -0.25) is 4.79 Å². The number of allylic oxidation sites excluding steroid dienone is 1. The van der Waals surface area contributed by atoms with E-state index < -0.39 is 0 Å². The summed E-state index contributed by atoms with van der Waals surface area (Å²) < 4.78 is 0. The lowest BCUT2D eigenvalue weighted by Gasteiger charge is -2.06. The van der Waals surface area contributed by atoms with Crippen LogP contribution in [0.1, 0.15) is 13.3 Å². The molecular weight excluding hydrogens is 142 g/mol. The van der Waals surface area contributed by atoms with E-state index in [4.69, 9.17) is 0 Å². The number of hydrogen-bond donors (Lipinski definition) is 1. The second-order valence-electron chi connectivity index (χ2n) is 2.34. The Morgan fingerprint density at radius 3 is 2.82 bits per heavy atom. The van der Waals surface area contributed by atoms with Gasteiger partial charge in [0.2, 0.25) is 5.91 Å². The minimum absolute atomic E-state index is 0.0903. The smallest absolute Gasteiger partial charge is 0.223 e. The third-order valence-corrected chi connectivity index (χ3v) is 1.33. The van der Waals surface area contributed by atoms with E-state index in [-0.39, 0.29) is 18.4 Å². The van der Waals surface area contributed by atoms with Gasteiger partial charge in [0.25, 0.3) is 0 Å². The van der Waals surface area contributed by atoms with Crippen LogP contribution in [0.3, 0.4) is 0 Å². The second-order valence-corrected chi connectivity index (χ2v) is 2.34. The van der Waals surface area contributed by atoms with Crippen molar-refractivity contribution in [2.24, 2.45) is 5.92 Å². The van der Waals surface area contributed by atoms with Crippen LogP contribution in [0.5, 0.6) is 0 Å². The predicted molar refractivity (Wildman–Crippen MR) is 43.1 cm³/mol. The topological polar surface area (TPSA) is 46.2 Å². The van der Waals surface area contributed by atoms with Crippen molar-refractivity contribution in [2.45, 2.75) is 13.3 Å². The molecule has 1 N–H and O–H groups in total. The number of rotatable bonds is 5. The van der Waals surface area contributed by atoms with E-state index in [1.165, 1.54) is 0 Å². The van der Waals surface area contributed by atoms with Gasteiger partial charge in [-0.2, -0.15) is 0 Å². The summed E-state index contributed by atoms with van der Waals surface area (Å²) >= 11 is 0. The van der Waals surface area contributed by atoms with Gasteiger partial charge in [0, 0.05) is 5.92 Å². The Kier molecular flexibility index (Phi) is 5.07. The van der Waals surface area contributed by atoms with E-state index in [1.807, 2.05) is 0 Å². The van der Waals surface area contributed by atoms with E-state index in [0.29, 0.717) is 12.7 Å². The Morgan fingerprint density at radius 2 is 2.36 bits per heavy atom. The van der Waals surface area contributed by atoms with Gasteiger partial charge in [-0.25, -0.2) is 0 Å². The summed E-state index contributed by atoms with van der Waals surface area (Å²) in [6.45, 7) is 5.40. The molecule has 0 bridgehead atoms. The first-order valence-electron chi connectivity index (χ1n) is 3.54. The van der Waals surface area contributed by atoms with Crippen molar-refractivity contribution in [3.8, 4) is 0 Å². The van der Waals surface area contributed by atoms with E-state index in [2.05, 4.69) is 11.9 Å². The van der Waals surface area contributed by atoms with Gasteiger partial charge < -0.3 is 10.1 Å². The molecule has 3 nitrogen and oxygen atoms in total. The maximum atomic E-state index is 11.0. The Hall–Kier alpha value is -1.12. The third-order valence-electron chi connectivity index (χ3n) is 1.33. The van der Waals surface area contributed by atoms with Crippen molar-refractivity contribution in [3.63, 3.8) is 0 Å². The minimum Gasteiger partial charge on any atom is -0.349 e. The molecule has 0 saturated carbocycles. The zero-order valence-corrected chi connectivity index (χ0v) is 6.67. The predicted octanol–water partition coefficient (Wildman–Crippen LogP) is 0.514. The lowest BCUT2D eigenvalue weighted by Crippen LogP contribution is -2.30. The Labute approximate surface area is 66.5 Å². The number of aldehydes is 1. The molecule has 62 valence electrons. The maximum absolute atomic E-state index is 11.0. The van der Waals surface area contributed by atoms with Crippen LogP contribution >= 0.6 is 0 Å². The van der Waals surface area contributed by atoms with Gasteiger partial charge in [-0.1, -0.05) is 13.0 Å². The van der Waals surface area contributed by atoms with E-state index >= 15 is 0 Å². The molecule has 0 aliphatic heterocycles. The van der Waals surface area contributed by atoms with Crippen LogP contribution in [-0.4, -0.2) is 18.7 Å². The Bertz CT molecular complexity index is 154. The Balaban J connectivity index is 3.62. The van der Waals surface area contributed by atoms with Crippen molar-refractivity contribution in [1.82, 2.24) is 5.32 Å². The highest BCUT2D eigenvalue weighted by atomic mass is 16.2. The van der Waals surface area contributed by atoms with E-state index in [0.717, 1.165) is 0 Å². The Morgan fingerprint density at radius 1 is 1.73 bits per heavy atom. The average Bonchev–Trinajstić information content (AvgIpc) is 2.00. The van der Waals surface area contributed by atoms with Gasteiger partial charge in [0.1, 0.15) is 6.29 Å². The molecule has 3 heteroatoms. The molecule has 0 saturated heterocycles. The van der Waals surface area contributed by atoms with Crippen LogP contribution in [0.25, 0.3) is 0 Å². The number of nitrogens with one attached hydrogen (secondary N) is 1. The highest BCUT2D eigenvalue weighted by molar-refractivity contribution is 5.80.